The van der Waals surface area contributed by atoms with E-state index >= 15 is 0 Å². The molecule has 5 nitrogen and oxygen atoms in total. The molecule has 5 heteroatoms. The van der Waals surface area contributed by atoms with Gasteiger partial charge in [-0.25, -0.2) is 9.99 Å². The number of hydrazone groups is 1. The van der Waals surface area contributed by atoms with Crippen molar-refractivity contribution < 1.29 is 4.74 Å². The van der Waals surface area contributed by atoms with Gasteiger partial charge < -0.3 is 9.64 Å². The molecule has 38 heavy (non-hydrogen) atoms. The van der Waals surface area contributed by atoms with Crippen LogP contribution in [-0.2, 0) is 0 Å². The third-order valence-electron chi connectivity index (χ3n) is 6.97. The highest BCUT2D eigenvalue weighted by atomic mass is 16.5. The minimum atomic E-state index is 0.0824. The zero-order valence-electron chi connectivity index (χ0n) is 22.5. The zero-order valence-corrected chi connectivity index (χ0v) is 22.5. The van der Waals surface area contributed by atoms with Crippen LogP contribution in [0.25, 0.3) is 17.0 Å². The van der Waals surface area contributed by atoms with Crippen molar-refractivity contribution in [3.63, 3.8) is 0 Å². The monoisotopic (exact) mass is 504 g/mol. The molecule has 0 saturated heterocycles. The molecule has 0 amide bonds. The first-order valence-electron chi connectivity index (χ1n) is 13.6. The number of hydrogen-bond acceptors (Lipinski definition) is 5. The van der Waals surface area contributed by atoms with Crippen LogP contribution in [0.2, 0.25) is 0 Å². The summed E-state index contributed by atoms with van der Waals surface area (Å²) in [6.07, 6.45) is 7.33. The molecule has 0 N–H and O–H groups in total. The Morgan fingerprint density at radius 2 is 1.61 bits per heavy atom. The van der Waals surface area contributed by atoms with Crippen LogP contribution in [0, 0.1) is 0 Å². The molecule has 1 aliphatic rings. The number of aromatic nitrogens is 1. The van der Waals surface area contributed by atoms with Gasteiger partial charge in [-0.05, 0) is 72.5 Å². The molecule has 1 aromatic heterocycles. The number of methoxy groups -OCH3 is 1. The Hall–Kier alpha value is -4.12. The number of rotatable bonds is 10. The van der Waals surface area contributed by atoms with Crippen LogP contribution in [0.5, 0.6) is 5.75 Å². The molecule has 0 saturated carbocycles. The van der Waals surface area contributed by atoms with Crippen LogP contribution in [0.4, 0.5) is 11.5 Å². The molecular weight excluding hydrogens is 468 g/mol. The van der Waals surface area contributed by atoms with Gasteiger partial charge in [0.15, 0.2) is 0 Å². The summed E-state index contributed by atoms with van der Waals surface area (Å²) in [7, 11) is 1.69. The van der Waals surface area contributed by atoms with E-state index < -0.39 is 0 Å². The van der Waals surface area contributed by atoms with E-state index in [2.05, 4.69) is 96.6 Å². The van der Waals surface area contributed by atoms with Crippen molar-refractivity contribution in [3.8, 4) is 5.75 Å². The Labute approximate surface area is 226 Å². The number of anilines is 2. The minimum absolute atomic E-state index is 0.0824. The average Bonchev–Trinajstić information content (AvgIpc) is 3.40. The molecule has 4 aromatic rings. The summed E-state index contributed by atoms with van der Waals surface area (Å²) in [6.45, 7) is 6.63. The maximum Gasteiger partial charge on any atom is 0.150 e. The van der Waals surface area contributed by atoms with Crippen molar-refractivity contribution in [3.05, 3.63) is 102 Å². The number of fused-ring (bicyclic) bond motifs is 1. The number of para-hydroxylation sites is 1. The Kier molecular flexibility index (Phi) is 8.03. The highest BCUT2D eigenvalue weighted by Gasteiger charge is 2.29. The van der Waals surface area contributed by atoms with Gasteiger partial charge in [-0.3, -0.25) is 0 Å². The van der Waals surface area contributed by atoms with Gasteiger partial charge in [-0.15, -0.1) is 0 Å². The van der Waals surface area contributed by atoms with Crippen LogP contribution in [0.1, 0.15) is 50.3 Å². The van der Waals surface area contributed by atoms with Crippen LogP contribution >= 0.6 is 0 Å². The number of ether oxygens (including phenoxy) is 1. The second kappa shape index (κ2) is 12.0. The van der Waals surface area contributed by atoms with Gasteiger partial charge in [-0.1, -0.05) is 62.4 Å². The summed E-state index contributed by atoms with van der Waals surface area (Å²) in [4.78, 5) is 7.44. The molecule has 3 aromatic carbocycles. The highest BCUT2D eigenvalue weighted by Crippen LogP contribution is 2.36. The first-order valence-corrected chi connectivity index (χ1v) is 13.6. The topological polar surface area (TPSA) is 41.0 Å². The van der Waals surface area contributed by atoms with Crippen LogP contribution in [-0.4, -0.2) is 30.9 Å². The van der Waals surface area contributed by atoms with Crippen molar-refractivity contribution in [2.24, 2.45) is 5.10 Å². The average molecular weight is 505 g/mol. The second-order valence-electron chi connectivity index (χ2n) is 9.70. The van der Waals surface area contributed by atoms with E-state index in [-0.39, 0.29) is 6.04 Å². The minimum Gasteiger partial charge on any atom is -0.497 e. The van der Waals surface area contributed by atoms with E-state index in [0.717, 1.165) is 66.1 Å². The van der Waals surface area contributed by atoms with Crippen LogP contribution in [0.3, 0.4) is 0 Å². The zero-order chi connectivity index (χ0) is 26.3. The molecule has 1 aliphatic heterocycles. The van der Waals surface area contributed by atoms with E-state index in [1.807, 2.05) is 24.3 Å². The molecule has 0 radical (unpaired) electrons. The lowest BCUT2D eigenvalue weighted by Crippen LogP contribution is -2.25. The molecule has 5 rings (SSSR count). The first-order chi connectivity index (χ1) is 18.7. The maximum atomic E-state index is 5.29. The van der Waals surface area contributed by atoms with Gasteiger partial charge in [0.2, 0.25) is 0 Å². The standard InChI is InChI=1S/C33H36N4O/c1-4-22-36(23-5-2)29-17-13-27(14-18-29)32-24-28(16-10-25-11-19-30(38-3)20-12-25)35-37(32)33-21-15-26-8-6-7-9-31(26)34-33/h6-21,32H,4-5,22-24H2,1-3H3. The smallest absolute Gasteiger partial charge is 0.150 e. The van der Waals surface area contributed by atoms with E-state index in [4.69, 9.17) is 14.8 Å². The maximum absolute atomic E-state index is 5.29. The second-order valence-corrected chi connectivity index (χ2v) is 9.70. The fourth-order valence-electron chi connectivity index (χ4n) is 5.01. The molecule has 0 spiro atoms. The van der Waals surface area contributed by atoms with Gasteiger partial charge in [0, 0.05) is 30.6 Å². The van der Waals surface area contributed by atoms with Gasteiger partial charge >= 0.3 is 0 Å². The summed E-state index contributed by atoms with van der Waals surface area (Å²) in [5.41, 5.74) is 5.65. The third-order valence-corrected chi connectivity index (χ3v) is 6.97. The molecule has 2 heterocycles. The van der Waals surface area contributed by atoms with E-state index in [1.54, 1.807) is 7.11 Å². The number of nitrogens with zero attached hydrogens (tertiary/aromatic N) is 4. The number of benzene rings is 3. The molecule has 194 valence electrons. The fraction of sp³-hybridized carbons (Fsp3) is 0.273. The van der Waals surface area contributed by atoms with Crippen molar-refractivity contribution in [1.82, 2.24) is 4.98 Å². The Morgan fingerprint density at radius 1 is 0.868 bits per heavy atom. The summed E-state index contributed by atoms with van der Waals surface area (Å²) in [5, 5.41) is 8.27. The van der Waals surface area contributed by atoms with Crippen molar-refractivity contribution >= 4 is 34.2 Å². The lowest BCUT2D eigenvalue weighted by Gasteiger charge is -2.26. The van der Waals surface area contributed by atoms with E-state index in [1.165, 1.54) is 11.3 Å². The summed E-state index contributed by atoms with van der Waals surface area (Å²) in [6, 6.07) is 29.6. The lowest BCUT2D eigenvalue weighted by atomic mass is 10.0. The molecular formula is C33H36N4O. The largest absolute Gasteiger partial charge is 0.497 e. The van der Waals surface area contributed by atoms with Gasteiger partial charge in [0.05, 0.1) is 24.4 Å². The van der Waals surface area contributed by atoms with Gasteiger partial charge in [-0.2, -0.15) is 5.10 Å². The summed E-state index contributed by atoms with van der Waals surface area (Å²) in [5.74, 6) is 1.72. The summed E-state index contributed by atoms with van der Waals surface area (Å²) < 4.78 is 5.29. The predicted octanol–water partition coefficient (Wildman–Crippen LogP) is 7.89. The Bertz CT molecular complexity index is 1400. The third kappa shape index (κ3) is 5.72. The molecule has 0 bridgehead atoms. The molecule has 0 aliphatic carbocycles. The van der Waals surface area contributed by atoms with Crippen molar-refractivity contribution in [1.29, 1.82) is 0 Å². The lowest BCUT2D eigenvalue weighted by molar-refractivity contribution is 0.415. The summed E-state index contributed by atoms with van der Waals surface area (Å²) >= 11 is 0. The first kappa shape index (κ1) is 25.5. The van der Waals surface area contributed by atoms with Gasteiger partial charge in [0.25, 0.3) is 0 Å². The van der Waals surface area contributed by atoms with Crippen LogP contribution in [0.15, 0.2) is 96.1 Å². The molecule has 1 atom stereocenters. The molecule has 1 unspecified atom stereocenters. The quantitative estimate of drug-likeness (QED) is 0.220. The SMILES string of the molecule is CCCN(CCC)c1ccc(C2CC(C=Cc3ccc(OC)cc3)=NN2c2ccc3ccccc3n2)cc1. The Morgan fingerprint density at radius 3 is 2.32 bits per heavy atom. The van der Waals surface area contributed by atoms with E-state index in [9.17, 15) is 0 Å². The van der Waals surface area contributed by atoms with E-state index in [0.29, 0.717) is 0 Å². The Balaban J connectivity index is 1.45. The van der Waals surface area contributed by atoms with Crippen molar-refractivity contribution in [2.75, 3.05) is 30.1 Å². The number of hydrogen-bond donors (Lipinski definition) is 0. The van der Waals surface area contributed by atoms with Crippen LogP contribution < -0.4 is 14.6 Å². The number of allylic oxidation sites excluding steroid dienone is 1. The predicted molar refractivity (Wildman–Crippen MR) is 160 cm³/mol. The number of pyridine rings is 1. The van der Waals surface area contributed by atoms with Gasteiger partial charge in [0.1, 0.15) is 11.6 Å². The molecule has 0 fully saturated rings. The van der Waals surface area contributed by atoms with Crippen molar-refractivity contribution in [2.45, 2.75) is 39.2 Å². The fourth-order valence-corrected chi connectivity index (χ4v) is 5.01. The normalized spacial score (nSPS) is 15.3. The highest BCUT2D eigenvalue weighted by molar-refractivity contribution is 6.01.